The Labute approximate surface area is 155 Å². The van der Waals surface area contributed by atoms with E-state index in [4.69, 9.17) is 4.98 Å². The van der Waals surface area contributed by atoms with Gasteiger partial charge in [-0.2, -0.15) is 0 Å². The number of nitrogens with zero attached hydrogens (tertiary/aromatic N) is 4. The fourth-order valence-corrected chi connectivity index (χ4v) is 3.65. The number of H-pyrrole nitrogens is 2. The lowest BCUT2D eigenvalue weighted by atomic mass is 10.1. The maximum absolute atomic E-state index is 12.5. The lowest BCUT2D eigenvalue weighted by Crippen LogP contribution is -2.35. The third-order valence-electron chi connectivity index (χ3n) is 5.02. The Morgan fingerprint density at radius 2 is 2.11 bits per heavy atom. The van der Waals surface area contributed by atoms with Crippen molar-refractivity contribution in [2.45, 2.75) is 19.5 Å². The van der Waals surface area contributed by atoms with E-state index in [1.54, 1.807) is 18.6 Å². The SMILES string of the molecule is O=c1[nH]c(-c2cccnc2)nc2c1CCN(Cc1c[nH]c3ncccc13)C2. The summed E-state index contributed by atoms with van der Waals surface area (Å²) in [4.78, 5) is 34.1. The molecule has 4 aromatic heterocycles. The highest BCUT2D eigenvalue weighted by atomic mass is 16.1. The molecule has 7 heteroatoms. The van der Waals surface area contributed by atoms with Gasteiger partial charge in [-0.3, -0.25) is 14.7 Å². The molecule has 1 aliphatic rings. The van der Waals surface area contributed by atoms with E-state index in [1.807, 2.05) is 24.4 Å². The molecular formula is C20H18N6O. The van der Waals surface area contributed by atoms with Crippen molar-refractivity contribution >= 4 is 11.0 Å². The molecule has 0 amide bonds. The highest BCUT2D eigenvalue weighted by Crippen LogP contribution is 2.22. The summed E-state index contributed by atoms with van der Waals surface area (Å²) in [6.07, 6.45) is 7.92. The molecule has 5 heterocycles. The second-order valence-corrected chi connectivity index (χ2v) is 6.76. The predicted molar refractivity (Wildman–Crippen MR) is 102 cm³/mol. The van der Waals surface area contributed by atoms with E-state index >= 15 is 0 Å². The van der Waals surface area contributed by atoms with Crippen LogP contribution in [0.3, 0.4) is 0 Å². The van der Waals surface area contributed by atoms with E-state index in [2.05, 4.69) is 30.9 Å². The first kappa shape index (κ1) is 15.9. The quantitative estimate of drug-likeness (QED) is 0.586. The zero-order chi connectivity index (χ0) is 18.2. The summed E-state index contributed by atoms with van der Waals surface area (Å²) in [5, 5.41) is 1.14. The van der Waals surface area contributed by atoms with Gasteiger partial charge in [0.15, 0.2) is 0 Å². The van der Waals surface area contributed by atoms with Crippen molar-refractivity contribution in [3.8, 4) is 11.4 Å². The molecule has 5 rings (SSSR count). The van der Waals surface area contributed by atoms with E-state index in [9.17, 15) is 4.79 Å². The largest absolute Gasteiger partial charge is 0.346 e. The molecule has 0 saturated carbocycles. The zero-order valence-electron chi connectivity index (χ0n) is 14.6. The number of aromatic nitrogens is 5. The average Bonchev–Trinajstić information content (AvgIpc) is 3.11. The van der Waals surface area contributed by atoms with Crippen molar-refractivity contribution in [3.05, 3.63) is 76.2 Å². The van der Waals surface area contributed by atoms with Crippen molar-refractivity contribution in [1.82, 2.24) is 29.8 Å². The maximum atomic E-state index is 12.5. The van der Waals surface area contributed by atoms with Crippen molar-refractivity contribution in [2.75, 3.05) is 6.54 Å². The summed E-state index contributed by atoms with van der Waals surface area (Å²) >= 11 is 0. The smallest absolute Gasteiger partial charge is 0.254 e. The number of hydrogen-bond donors (Lipinski definition) is 2. The van der Waals surface area contributed by atoms with E-state index in [0.717, 1.165) is 40.9 Å². The summed E-state index contributed by atoms with van der Waals surface area (Å²) in [6, 6.07) is 7.77. The Morgan fingerprint density at radius 1 is 1.19 bits per heavy atom. The van der Waals surface area contributed by atoms with Gasteiger partial charge < -0.3 is 9.97 Å². The molecule has 4 aromatic rings. The van der Waals surface area contributed by atoms with Crippen LogP contribution in [-0.4, -0.2) is 36.4 Å². The Kier molecular flexibility index (Phi) is 3.79. The van der Waals surface area contributed by atoms with Gasteiger partial charge in [-0.05, 0) is 36.2 Å². The topological polar surface area (TPSA) is 90.6 Å². The molecule has 0 atom stereocenters. The molecule has 0 bridgehead atoms. The molecule has 0 radical (unpaired) electrons. The molecule has 1 aliphatic heterocycles. The normalized spacial score (nSPS) is 14.4. The number of fused-ring (bicyclic) bond motifs is 2. The van der Waals surface area contributed by atoms with E-state index < -0.39 is 0 Å². The van der Waals surface area contributed by atoms with Gasteiger partial charge in [0.2, 0.25) is 0 Å². The molecular weight excluding hydrogens is 340 g/mol. The van der Waals surface area contributed by atoms with Gasteiger partial charge in [0.1, 0.15) is 11.5 Å². The predicted octanol–water partition coefficient (Wildman–Crippen LogP) is 2.27. The van der Waals surface area contributed by atoms with E-state index in [0.29, 0.717) is 18.8 Å². The molecule has 2 N–H and O–H groups in total. The minimum Gasteiger partial charge on any atom is -0.346 e. The van der Waals surface area contributed by atoms with Gasteiger partial charge in [0, 0.05) is 60.9 Å². The van der Waals surface area contributed by atoms with Crippen molar-refractivity contribution in [1.29, 1.82) is 0 Å². The van der Waals surface area contributed by atoms with Gasteiger partial charge in [0.05, 0.1) is 5.69 Å². The third-order valence-corrected chi connectivity index (χ3v) is 5.02. The van der Waals surface area contributed by atoms with Crippen LogP contribution in [0.2, 0.25) is 0 Å². The van der Waals surface area contributed by atoms with Crippen LogP contribution in [0.15, 0.2) is 53.8 Å². The summed E-state index contributed by atoms with van der Waals surface area (Å²) in [7, 11) is 0. The molecule has 0 fully saturated rings. The summed E-state index contributed by atoms with van der Waals surface area (Å²) in [6.45, 7) is 2.28. The third kappa shape index (κ3) is 2.92. The van der Waals surface area contributed by atoms with Gasteiger partial charge in [0.25, 0.3) is 5.56 Å². The highest BCUT2D eigenvalue weighted by Gasteiger charge is 2.22. The molecule has 0 aromatic carbocycles. The monoisotopic (exact) mass is 358 g/mol. The maximum Gasteiger partial charge on any atom is 0.254 e. The van der Waals surface area contributed by atoms with Crippen LogP contribution >= 0.6 is 0 Å². The Hall–Kier alpha value is -3.32. The molecule has 0 unspecified atom stereocenters. The fourth-order valence-electron chi connectivity index (χ4n) is 3.65. The number of hydrogen-bond acceptors (Lipinski definition) is 5. The summed E-state index contributed by atoms with van der Waals surface area (Å²) in [5.41, 5.74) is 4.52. The van der Waals surface area contributed by atoms with Crippen LogP contribution in [0.25, 0.3) is 22.4 Å². The van der Waals surface area contributed by atoms with Crippen LogP contribution in [0.4, 0.5) is 0 Å². The number of rotatable bonds is 3. The van der Waals surface area contributed by atoms with Crippen molar-refractivity contribution in [2.24, 2.45) is 0 Å². The molecule has 27 heavy (non-hydrogen) atoms. The number of nitrogens with one attached hydrogen (secondary N) is 2. The van der Waals surface area contributed by atoms with Crippen LogP contribution in [0.5, 0.6) is 0 Å². The summed E-state index contributed by atoms with van der Waals surface area (Å²) in [5.74, 6) is 0.574. The summed E-state index contributed by atoms with van der Waals surface area (Å²) < 4.78 is 0. The molecule has 0 saturated heterocycles. The molecule has 0 aliphatic carbocycles. The molecule has 0 spiro atoms. The number of pyridine rings is 2. The van der Waals surface area contributed by atoms with Gasteiger partial charge >= 0.3 is 0 Å². The minimum absolute atomic E-state index is 0.0465. The first-order valence-electron chi connectivity index (χ1n) is 8.94. The Balaban J connectivity index is 1.45. The van der Waals surface area contributed by atoms with E-state index in [-0.39, 0.29) is 5.56 Å². The second-order valence-electron chi connectivity index (χ2n) is 6.76. The number of aromatic amines is 2. The highest BCUT2D eigenvalue weighted by molar-refractivity contribution is 5.79. The van der Waals surface area contributed by atoms with Crippen LogP contribution < -0.4 is 5.56 Å². The standard InChI is InChI=1S/C20H18N6O/c27-20-16-5-8-26(11-14-10-23-19-15(14)4-2-7-22-19)12-17(16)24-18(25-20)13-3-1-6-21-9-13/h1-4,6-7,9-10H,5,8,11-12H2,(H,22,23)(H,24,25,27). The lowest BCUT2D eigenvalue weighted by molar-refractivity contribution is 0.241. The Bertz CT molecular complexity index is 1160. The van der Waals surface area contributed by atoms with Crippen LogP contribution in [-0.2, 0) is 19.5 Å². The van der Waals surface area contributed by atoms with Crippen molar-refractivity contribution in [3.63, 3.8) is 0 Å². The van der Waals surface area contributed by atoms with Crippen LogP contribution in [0, 0.1) is 0 Å². The first-order chi connectivity index (χ1) is 13.3. The van der Waals surface area contributed by atoms with E-state index in [1.165, 1.54) is 5.56 Å². The zero-order valence-corrected chi connectivity index (χ0v) is 14.6. The minimum atomic E-state index is -0.0465. The van der Waals surface area contributed by atoms with Crippen LogP contribution in [0.1, 0.15) is 16.8 Å². The Morgan fingerprint density at radius 3 is 3.00 bits per heavy atom. The fraction of sp³-hybridized carbons (Fsp3) is 0.200. The first-order valence-corrected chi connectivity index (χ1v) is 8.94. The van der Waals surface area contributed by atoms with Gasteiger partial charge in [-0.1, -0.05) is 0 Å². The lowest BCUT2D eigenvalue weighted by Gasteiger charge is -2.27. The molecule has 134 valence electrons. The molecule has 7 nitrogen and oxygen atoms in total. The van der Waals surface area contributed by atoms with Gasteiger partial charge in [-0.25, -0.2) is 9.97 Å². The van der Waals surface area contributed by atoms with Gasteiger partial charge in [-0.15, -0.1) is 0 Å². The van der Waals surface area contributed by atoms with Crippen molar-refractivity contribution < 1.29 is 0 Å². The average molecular weight is 358 g/mol. The second kappa shape index (κ2) is 6.44.